The van der Waals surface area contributed by atoms with Gasteiger partial charge in [-0.1, -0.05) is 37.3 Å². The largest absolute Gasteiger partial charge is 0.350 e. The van der Waals surface area contributed by atoms with E-state index in [9.17, 15) is 9.59 Å². The Morgan fingerprint density at radius 3 is 2.73 bits per heavy atom. The fraction of sp³-hybridized carbons (Fsp3) is 0.529. The first-order valence-corrected chi connectivity index (χ1v) is 7.94. The van der Waals surface area contributed by atoms with Gasteiger partial charge in [-0.2, -0.15) is 0 Å². The van der Waals surface area contributed by atoms with Crippen LogP contribution in [0, 0.1) is 5.92 Å². The Morgan fingerprint density at radius 1 is 1.41 bits per heavy atom. The number of carbonyl (C=O) groups is 2. The molecule has 3 rings (SSSR count). The van der Waals surface area contributed by atoms with Crippen LogP contribution in [0.15, 0.2) is 30.3 Å². The van der Waals surface area contributed by atoms with Crippen molar-refractivity contribution in [3.63, 3.8) is 0 Å². The minimum atomic E-state index is -0.577. The van der Waals surface area contributed by atoms with Crippen LogP contribution in [0.1, 0.15) is 25.3 Å². The van der Waals surface area contributed by atoms with Crippen LogP contribution in [-0.4, -0.2) is 41.4 Å². The molecular weight excluding hydrogens is 278 g/mol. The number of nitrogens with two attached hydrogens (primary N) is 1. The molecule has 5 nitrogen and oxygen atoms in total. The predicted octanol–water partition coefficient (Wildman–Crippen LogP) is 0.682. The summed E-state index contributed by atoms with van der Waals surface area (Å²) in [5, 5.41) is 2.93. The molecule has 0 bridgehead atoms. The van der Waals surface area contributed by atoms with Crippen LogP contribution in [-0.2, 0) is 16.0 Å². The Kier molecular flexibility index (Phi) is 4.16. The number of hydrogen-bond donors (Lipinski definition) is 2. The summed E-state index contributed by atoms with van der Waals surface area (Å²) < 4.78 is 0. The minimum Gasteiger partial charge on any atom is -0.350 e. The molecule has 1 aliphatic carbocycles. The van der Waals surface area contributed by atoms with E-state index in [1.165, 1.54) is 0 Å². The monoisotopic (exact) mass is 301 g/mol. The van der Waals surface area contributed by atoms with Crippen molar-refractivity contribution in [3.8, 4) is 0 Å². The average molecular weight is 301 g/mol. The van der Waals surface area contributed by atoms with Gasteiger partial charge in [0.25, 0.3) is 0 Å². The normalized spacial score (nSPS) is 28.5. The van der Waals surface area contributed by atoms with E-state index in [0.717, 1.165) is 12.0 Å². The number of amides is 2. The number of benzene rings is 1. The first-order chi connectivity index (χ1) is 10.5. The molecule has 4 atom stereocenters. The number of carbonyl (C=O) groups excluding carboxylic acids is 2. The third-order valence-electron chi connectivity index (χ3n) is 4.61. The molecule has 0 radical (unpaired) electrons. The first-order valence-electron chi connectivity index (χ1n) is 7.94. The fourth-order valence-electron chi connectivity index (χ4n) is 3.15. The van der Waals surface area contributed by atoms with Gasteiger partial charge in [0.2, 0.25) is 11.8 Å². The van der Waals surface area contributed by atoms with Gasteiger partial charge in [-0.05, 0) is 24.3 Å². The lowest BCUT2D eigenvalue weighted by Crippen LogP contribution is -2.47. The fourth-order valence-corrected chi connectivity index (χ4v) is 3.15. The summed E-state index contributed by atoms with van der Waals surface area (Å²) in [7, 11) is 0. The van der Waals surface area contributed by atoms with Crippen molar-refractivity contribution in [2.75, 3.05) is 6.54 Å². The second kappa shape index (κ2) is 6.08. The average Bonchev–Trinajstić information content (AvgIpc) is 3.10. The molecule has 1 aromatic rings. The van der Waals surface area contributed by atoms with E-state index >= 15 is 0 Å². The van der Waals surface area contributed by atoms with Crippen LogP contribution >= 0.6 is 0 Å². The SMILES string of the molecule is C[C@@H]1C[C@H]1N1C[C@@H](NC(=O)[C@@H](N)Cc2ccccc2)CC1=O. The number of nitrogens with one attached hydrogen (secondary N) is 1. The van der Waals surface area contributed by atoms with Crippen molar-refractivity contribution in [1.82, 2.24) is 10.2 Å². The highest BCUT2D eigenvalue weighted by Crippen LogP contribution is 2.37. The summed E-state index contributed by atoms with van der Waals surface area (Å²) in [6, 6.07) is 9.43. The molecule has 1 heterocycles. The van der Waals surface area contributed by atoms with Gasteiger partial charge in [0.05, 0.1) is 12.1 Å². The highest BCUT2D eigenvalue weighted by Gasteiger charge is 2.44. The lowest BCUT2D eigenvalue weighted by Gasteiger charge is -2.18. The maximum absolute atomic E-state index is 12.2. The summed E-state index contributed by atoms with van der Waals surface area (Å²) in [6.07, 6.45) is 1.99. The van der Waals surface area contributed by atoms with Gasteiger partial charge in [-0.15, -0.1) is 0 Å². The molecule has 0 unspecified atom stereocenters. The molecule has 5 heteroatoms. The van der Waals surface area contributed by atoms with Gasteiger partial charge >= 0.3 is 0 Å². The highest BCUT2D eigenvalue weighted by molar-refractivity contribution is 5.85. The number of rotatable bonds is 5. The van der Waals surface area contributed by atoms with E-state index in [2.05, 4.69) is 12.2 Å². The van der Waals surface area contributed by atoms with Gasteiger partial charge in [-0.3, -0.25) is 9.59 Å². The van der Waals surface area contributed by atoms with Gasteiger partial charge in [0.1, 0.15) is 0 Å². The zero-order valence-electron chi connectivity index (χ0n) is 12.9. The summed E-state index contributed by atoms with van der Waals surface area (Å²) in [5.41, 5.74) is 7.02. The number of likely N-dealkylation sites (tertiary alicyclic amines) is 1. The summed E-state index contributed by atoms with van der Waals surface area (Å²) >= 11 is 0. The second-order valence-electron chi connectivity index (χ2n) is 6.53. The molecule has 2 aliphatic rings. The van der Waals surface area contributed by atoms with Gasteiger partial charge in [0, 0.05) is 19.0 Å². The zero-order valence-corrected chi connectivity index (χ0v) is 12.9. The molecule has 1 saturated carbocycles. The van der Waals surface area contributed by atoms with Crippen molar-refractivity contribution in [2.24, 2.45) is 11.7 Å². The molecular formula is C17H23N3O2. The lowest BCUT2D eigenvalue weighted by molar-refractivity contribution is -0.128. The molecule has 118 valence electrons. The van der Waals surface area contributed by atoms with Crippen molar-refractivity contribution in [1.29, 1.82) is 0 Å². The molecule has 0 spiro atoms. The second-order valence-corrected chi connectivity index (χ2v) is 6.53. The maximum Gasteiger partial charge on any atom is 0.237 e. The molecule has 2 amide bonds. The third kappa shape index (κ3) is 3.30. The highest BCUT2D eigenvalue weighted by atomic mass is 16.2. The quantitative estimate of drug-likeness (QED) is 0.840. The van der Waals surface area contributed by atoms with E-state index in [1.54, 1.807) is 0 Å². The van der Waals surface area contributed by atoms with Crippen LogP contribution < -0.4 is 11.1 Å². The standard InChI is InChI=1S/C17H23N3O2/c1-11-7-15(11)20-10-13(9-16(20)21)19-17(22)14(18)8-12-5-3-2-4-6-12/h2-6,11,13-15H,7-10,18H2,1H3,(H,19,22)/t11-,13+,14+,15-/m1/s1. The molecule has 1 saturated heterocycles. The van der Waals surface area contributed by atoms with Crippen molar-refractivity contribution >= 4 is 11.8 Å². The van der Waals surface area contributed by atoms with Crippen LogP contribution in [0.3, 0.4) is 0 Å². The van der Waals surface area contributed by atoms with Gasteiger partial charge in [-0.25, -0.2) is 0 Å². The van der Waals surface area contributed by atoms with Crippen LogP contribution in [0.25, 0.3) is 0 Å². The number of hydrogen-bond acceptors (Lipinski definition) is 3. The maximum atomic E-state index is 12.2. The Morgan fingerprint density at radius 2 is 2.09 bits per heavy atom. The molecule has 0 aromatic heterocycles. The zero-order chi connectivity index (χ0) is 15.7. The van der Waals surface area contributed by atoms with Crippen molar-refractivity contribution in [2.45, 2.75) is 44.3 Å². The van der Waals surface area contributed by atoms with E-state index in [-0.39, 0.29) is 17.9 Å². The van der Waals surface area contributed by atoms with Crippen molar-refractivity contribution in [3.05, 3.63) is 35.9 Å². The molecule has 3 N–H and O–H groups in total. The summed E-state index contributed by atoms with van der Waals surface area (Å²) in [6.45, 7) is 2.78. The van der Waals surface area contributed by atoms with Gasteiger partial charge < -0.3 is 16.0 Å². The molecule has 1 aliphatic heterocycles. The molecule has 22 heavy (non-hydrogen) atoms. The van der Waals surface area contributed by atoms with Crippen LogP contribution in [0.4, 0.5) is 0 Å². The third-order valence-corrected chi connectivity index (χ3v) is 4.61. The Balaban J connectivity index is 1.50. The Bertz CT molecular complexity index is 560. The Labute approximate surface area is 130 Å². The summed E-state index contributed by atoms with van der Waals surface area (Å²) in [4.78, 5) is 26.1. The van der Waals surface area contributed by atoms with Crippen LogP contribution in [0.5, 0.6) is 0 Å². The number of nitrogens with zero attached hydrogens (tertiary/aromatic N) is 1. The van der Waals surface area contributed by atoms with Crippen molar-refractivity contribution < 1.29 is 9.59 Å². The minimum absolute atomic E-state index is 0.102. The van der Waals surface area contributed by atoms with E-state index in [0.29, 0.717) is 31.3 Å². The molecule has 2 fully saturated rings. The first kappa shape index (κ1) is 15.0. The van der Waals surface area contributed by atoms with Crippen LogP contribution in [0.2, 0.25) is 0 Å². The van der Waals surface area contributed by atoms with E-state index in [1.807, 2.05) is 35.2 Å². The van der Waals surface area contributed by atoms with E-state index in [4.69, 9.17) is 5.73 Å². The topological polar surface area (TPSA) is 75.4 Å². The molecule has 1 aromatic carbocycles. The smallest absolute Gasteiger partial charge is 0.237 e. The summed E-state index contributed by atoms with van der Waals surface area (Å²) in [5.74, 6) is 0.572. The lowest BCUT2D eigenvalue weighted by atomic mass is 10.1. The van der Waals surface area contributed by atoms with E-state index < -0.39 is 6.04 Å². The Hall–Kier alpha value is -1.88. The predicted molar refractivity (Wildman–Crippen MR) is 84.0 cm³/mol. The van der Waals surface area contributed by atoms with Gasteiger partial charge in [0.15, 0.2) is 0 Å².